The third-order valence-corrected chi connectivity index (χ3v) is 3.80. The van der Waals surface area contributed by atoms with Gasteiger partial charge in [-0.2, -0.15) is 0 Å². The maximum absolute atomic E-state index is 8.50. The molecule has 0 spiro atoms. The second-order valence-electron chi connectivity index (χ2n) is 5.47. The summed E-state index contributed by atoms with van der Waals surface area (Å²) in [4.78, 5) is 0. The van der Waals surface area contributed by atoms with E-state index in [0.717, 1.165) is 24.5 Å². The first-order chi connectivity index (χ1) is 10.6. The van der Waals surface area contributed by atoms with E-state index < -0.39 is 31.8 Å². The monoisotopic (exact) mass is 338 g/mol. The fraction of sp³-hybridized carbons (Fsp3) is 0.938. The maximum Gasteiger partial charge on any atom is 0.159 e. The predicted octanol–water partition coefficient (Wildman–Crippen LogP) is 2.04. The van der Waals surface area contributed by atoms with Crippen molar-refractivity contribution in [2.75, 3.05) is 33.0 Å². The van der Waals surface area contributed by atoms with E-state index in [9.17, 15) is 0 Å². The predicted molar refractivity (Wildman–Crippen MR) is 93.0 cm³/mol. The molecule has 0 rings (SSSR count). The lowest BCUT2D eigenvalue weighted by atomic mass is 9.93. The molecular formula is C16H34O5S. The molecule has 0 saturated heterocycles. The Morgan fingerprint density at radius 1 is 0.818 bits per heavy atom. The second kappa shape index (κ2) is 17.1. The lowest BCUT2D eigenvalue weighted by molar-refractivity contribution is -0.0328. The zero-order chi connectivity index (χ0) is 17.3. The Morgan fingerprint density at radius 2 is 1.27 bits per heavy atom. The van der Waals surface area contributed by atoms with Gasteiger partial charge in [-0.1, -0.05) is 46.0 Å². The molecule has 0 aliphatic carbocycles. The van der Waals surface area contributed by atoms with Crippen LogP contribution in [0.15, 0.2) is 0 Å². The van der Waals surface area contributed by atoms with Crippen molar-refractivity contribution in [3.8, 4) is 0 Å². The molecule has 0 aromatic rings. The van der Waals surface area contributed by atoms with Crippen LogP contribution in [0.25, 0.3) is 0 Å². The highest BCUT2D eigenvalue weighted by atomic mass is 32.1. The molecule has 0 heterocycles. The summed E-state index contributed by atoms with van der Waals surface area (Å²) in [5, 5.41) is 34.7. The summed E-state index contributed by atoms with van der Waals surface area (Å²) in [5.41, 5.74) is -1.11. The molecule has 0 aliphatic rings. The Kier molecular flexibility index (Phi) is 18.6. The molecule has 0 radical (unpaired) electrons. The summed E-state index contributed by atoms with van der Waals surface area (Å²) in [6.07, 6.45) is 8.71. The van der Waals surface area contributed by atoms with Crippen molar-refractivity contribution in [1.82, 2.24) is 0 Å². The molecule has 0 aromatic heterocycles. The fourth-order valence-corrected chi connectivity index (χ4v) is 1.55. The van der Waals surface area contributed by atoms with E-state index in [1.54, 1.807) is 0 Å². The van der Waals surface area contributed by atoms with Crippen molar-refractivity contribution in [3.05, 3.63) is 0 Å². The van der Waals surface area contributed by atoms with Gasteiger partial charge in [0, 0.05) is 6.42 Å². The number of ether oxygens (including phenoxy) is 1. The molecule has 5 nitrogen and oxygen atoms in total. The van der Waals surface area contributed by atoms with Crippen LogP contribution < -0.4 is 0 Å². The van der Waals surface area contributed by atoms with E-state index in [4.69, 9.17) is 37.4 Å². The molecule has 0 saturated carbocycles. The fourth-order valence-electron chi connectivity index (χ4n) is 1.47. The van der Waals surface area contributed by atoms with Crippen LogP contribution >= 0.6 is 12.2 Å². The van der Waals surface area contributed by atoms with Crippen molar-refractivity contribution in [2.45, 2.75) is 58.8 Å². The standard InChI is InChI=1S/C11H22OS.C5H12O4/c1-3-5-6-7-8-9-10-12-11(13)4-2;6-1-5(2-7,3-8)4-9/h3-10H2,1-2H3;6-9H,1-4H2. The number of aliphatic hydroxyl groups is 4. The third kappa shape index (κ3) is 13.4. The van der Waals surface area contributed by atoms with E-state index >= 15 is 0 Å². The highest BCUT2D eigenvalue weighted by molar-refractivity contribution is 7.80. The van der Waals surface area contributed by atoms with E-state index in [-0.39, 0.29) is 0 Å². The van der Waals surface area contributed by atoms with Crippen LogP contribution in [0.5, 0.6) is 0 Å². The lowest BCUT2D eigenvalue weighted by Gasteiger charge is -2.23. The van der Waals surface area contributed by atoms with Crippen LogP contribution in [0.1, 0.15) is 58.8 Å². The van der Waals surface area contributed by atoms with Gasteiger partial charge in [0.25, 0.3) is 0 Å². The molecule has 0 aromatic carbocycles. The van der Waals surface area contributed by atoms with Crippen LogP contribution in [0, 0.1) is 5.41 Å². The lowest BCUT2D eigenvalue weighted by Crippen LogP contribution is -2.37. The third-order valence-electron chi connectivity index (χ3n) is 3.39. The molecule has 0 aliphatic heterocycles. The minimum atomic E-state index is -1.11. The molecule has 6 heteroatoms. The number of hydrogen-bond acceptors (Lipinski definition) is 6. The van der Waals surface area contributed by atoms with Gasteiger partial charge < -0.3 is 25.2 Å². The van der Waals surface area contributed by atoms with Gasteiger partial charge in [-0.25, -0.2) is 0 Å². The van der Waals surface area contributed by atoms with Crippen molar-refractivity contribution < 1.29 is 25.2 Å². The number of hydrogen-bond donors (Lipinski definition) is 4. The zero-order valence-electron chi connectivity index (χ0n) is 14.1. The highest BCUT2D eigenvalue weighted by Gasteiger charge is 2.26. The molecule has 4 N–H and O–H groups in total. The van der Waals surface area contributed by atoms with E-state index in [2.05, 4.69) is 6.92 Å². The molecule has 0 atom stereocenters. The van der Waals surface area contributed by atoms with Crippen LogP contribution in [-0.4, -0.2) is 58.5 Å². The SMILES string of the molecule is CCCCCCCCOC(=S)CC.OCC(CO)(CO)CO. The smallest absolute Gasteiger partial charge is 0.159 e. The van der Waals surface area contributed by atoms with Gasteiger partial charge >= 0.3 is 0 Å². The van der Waals surface area contributed by atoms with E-state index in [1.165, 1.54) is 32.1 Å². The highest BCUT2D eigenvalue weighted by Crippen LogP contribution is 2.11. The summed E-state index contributed by atoms with van der Waals surface area (Å²) in [6, 6.07) is 0. The average Bonchev–Trinajstić information content (AvgIpc) is 2.57. The first-order valence-electron chi connectivity index (χ1n) is 8.14. The van der Waals surface area contributed by atoms with Crippen LogP contribution in [0.4, 0.5) is 0 Å². The van der Waals surface area contributed by atoms with E-state index in [0.29, 0.717) is 0 Å². The van der Waals surface area contributed by atoms with Gasteiger partial charge in [0.05, 0.1) is 38.4 Å². The molecule has 0 fully saturated rings. The van der Waals surface area contributed by atoms with E-state index in [1.807, 2.05) is 6.92 Å². The Labute approximate surface area is 140 Å². The summed E-state index contributed by atoms with van der Waals surface area (Å²) >= 11 is 4.95. The van der Waals surface area contributed by atoms with Crippen molar-refractivity contribution >= 4 is 17.3 Å². The second-order valence-corrected chi connectivity index (χ2v) is 5.93. The van der Waals surface area contributed by atoms with Crippen molar-refractivity contribution in [2.24, 2.45) is 5.41 Å². The maximum atomic E-state index is 8.50. The molecule has 0 amide bonds. The Balaban J connectivity index is 0. The molecular weight excluding hydrogens is 304 g/mol. The molecule has 0 unspecified atom stereocenters. The first kappa shape index (κ1) is 24.0. The largest absolute Gasteiger partial charge is 0.487 e. The van der Waals surface area contributed by atoms with Gasteiger partial charge in [-0.05, 0) is 18.6 Å². The van der Waals surface area contributed by atoms with Gasteiger partial charge in [0.2, 0.25) is 0 Å². The Bertz CT molecular complexity index is 227. The summed E-state index contributed by atoms with van der Waals surface area (Å²) < 4.78 is 5.33. The Morgan fingerprint density at radius 3 is 1.64 bits per heavy atom. The first-order valence-corrected chi connectivity index (χ1v) is 8.55. The molecule has 134 valence electrons. The summed E-state index contributed by atoms with van der Waals surface area (Å²) in [5.74, 6) is 0. The quantitative estimate of drug-likeness (QED) is 0.322. The van der Waals surface area contributed by atoms with Gasteiger partial charge in [0.15, 0.2) is 5.05 Å². The average molecular weight is 339 g/mol. The van der Waals surface area contributed by atoms with Crippen molar-refractivity contribution in [1.29, 1.82) is 0 Å². The molecule has 0 bridgehead atoms. The Hall–Kier alpha value is -0.270. The normalized spacial score (nSPS) is 10.8. The minimum absolute atomic E-state index is 0.406. The van der Waals surface area contributed by atoms with Crippen molar-refractivity contribution in [3.63, 3.8) is 0 Å². The van der Waals surface area contributed by atoms with Gasteiger partial charge in [-0.15, -0.1) is 0 Å². The van der Waals surface area contributed by atoms with Crippen LogP contribution in [-0.2, 0) is 4.74 Å². The van der Waals surface area contributed by atoms with Crippen LogP contribution in [0.2, 0.25) is 0 Å². The van der Waals surface area contributed by atoms with Crippen LogP contribution in [0.3, 0.4) is 0 Å². The minimum Gasteiger partial charge on any atom is -0.487 e. The number of thiocarbonyl (C=S) groups is 1. The molecule has 22 heavy (non-hydrogen) atoms. The number of unbranched alkanes of at least 4 members (excludes halogenated alkanes) is 5. The number of rotatable bonds is 12. The zero-order valence-corrected chi connectivity index (χ0v) is 14.9. The topological polar surface area (TPSA) is 90.2 Å². The number of aliphatic hydroxyl groups excluding tert-OH is 4. The van der Waals surface area contributed by atoms with Gasteiger partial charge in [-0.3, -0.25) is 0 Å². The summed E-state index contributed by atoms with van der Waals surface area (Å²) in [6.45, 7) is 3.46. The van der Waals surface area contributed by atoms with Gasteiger partial charge in [0.1, 0.15) is 0 Å². The summed E-state index contributed by atoms with van der Waals surface area (Å²) in [7, 11) is 0.